The number of methoxy groups -OCH3 is 1. The molecule has 36 heavy (non-hydrogen) atoms. The van der Waals surface area contributed by atoms with E-state index in [1.165, 1.54) is 12.3 Å². The van der Waals surface area contributed by atoms with Crippen LogP contribution >= 0.6 is 34.7 Å². The number of hydrogen-bond donors (Lipinski definition) is 1. The van der Waals surface area contributed by atoms with E-state index in [0.29, 0.717) is 35.2 Å². The quantitative estimate of drug-likeness (QED) is 0.255. The van der Waals surface area contributed by atoms with E-state index < -0.39 is 12.1 Å². The Bertz CT molecular complexity index is 1200. The van der Waals surface area contributed by atoms with Gasteiger partial charge in [-0.1, -0.05) is 22.9 Å². The van der Waals surface area contributed by atoms with Crippen LogP contribution in [0.4, 0.5) is 8.78 Å². The molecule has 194 valence electrons. The summed E-state index contributed by atoms with van der Waals surface area (Å²) in [6.07, 6.45) is 1.92. The van der Waals surface area contributed by atoms with Crippen molar-refractivity contribution in [1.82, 2.24) is 9.88 Å². The zero-order chi connectivity index (χ0) is 25.7. The third-order valence-electron chi connectivity index (χ3n) is 6.78. The van der Waals surface area contributed by atoms with E-state index >= 15 is 4.39 Å². The van der Waals surface area contributed by atoms with Crippen LogP contribution in [0.1, 0.15) is 37.4 Å². The number of thioether (sulfide) groups is 1. The van der Waals surface area contributed by atoms with Gasteiger partial charge in [-0.25, -0.2) is 4.39 Å². The van der Waals surface area contributed by atoms with Crippen LogP contribution in [0.15, 0.2) is 40.7 Å². The number of ether oxygens (including phenoxy) is 1. The van der Waals surface area contributed by atoms with Gasteiger partial charge in [-0.05, 0) is 68.0 Å². The molecule has 0 bridgehead atoms. The number of piperidine rings is 1. The van der Waals surface area contributed by atoms with Crippen molar-refractivity contribution in [1.29, 1.82) is 0 Å². The first-order valence-corrected chi connectivity index (χ1v) is 14.1. The molecule has 0 radical (unpaired) electrons. The summed E-state index contributed by atoms with van der Waals surface area (Å²) in [6, 6.07) is 8.57. The molecule has 0 spiro atoms. The Morgan fingerprint density at radius 2 is 2.19 bits per heavy atom. The molecule has 10 heteroatoms. The second-order valence-corrected chi connectivity index (χ2v) is 11.9. The maximum atomic E-state index is 15.6. The Kier molecular flexibility index (Phi) is 9.44. The molecule has 2 unspecified atom stereocenters. The highest BCUT2D eigenvalue weighted by molar-refractivity contribution is 8.01. The number of nitrogens with zero attached hydrogens (tertiary/aromatic N) is 2. The van der Waals surface area contributed by atoms with Crippen molar-refractivity contribution < 1.29 is 23.4 Å². The van der Waals surface area contributed by atoms with Crippen LogP contribution in [0, 0.1) is 17.0 Å². The highest BCUT2D eigenvalue weighted by Crippen LogP contribution is 2.39. The van der Waals surface area contributed by atoms with Gasteiger partial charge in [0.2, 0.25) is 0 Å². The van der Waals surface area contributed by atoms with Gasteiger partial charge >= 0.3 is 5.97 Å². The van der Waals surface area contributed by atoms with Crippen LogP contribution in [-0.2, 0) is 4.79 Å². The summed E-state index contributed by atoms with van der Waals surface area (Å²) in [7, 11) is 1.56. The monoisotopic (exact) mass is 554 g/mol. The number of thiophene rings is 1. The fourth-order valence-corrected chi connectivity index (χ4v) is 7.14. The van der Waals surface area contributed by atoms with Crippen LogP contribution in [0.3, 0.4) is 0 Å². The summed E-state index contributed by atoms with van der Waals surface area (Å²) >= 11 is 9.13. The van der Waals surface area contributed by atoms with Gasteiger partial charge in [-0.2, -0.15) is 4.39 Å². The summed E-state index contributed by atoms with van der Waals surface area (Å²) in [5.74, 6) is 0.667. The maximum absolute atomic E-state index is 15.6. The van der Waals surface area contributed by atoms with Gasteiger partial charge in [-0.15, -0.1) is 11.8 Å². The van der Waals surface area contributed by atoms with Crippen molar-refractivity contribution in [2.24, 2.45) is 11.8 Å². The molecule has 1 N–H and O–H groups in total. The lowest BCUT2D eigenvalue weighted by Crippen LogP contribution is -2.42. The molecule has 3 atom stereocenters. The highest BCUT2D eigenvalue weighted by Gasteiger charge is 2.31. The number of hydrogen-bond acceptors (Lipinski definition) is 6. The van der Waals surface area contributed by atoms with Crippen LogP contribution in [0.5, 0.6) is 5.75 Å². The molecule has 3 heterocycles. The highest BCUT2D eigenvalue weighted by atomic mass is 35.5. The van der Waals surface area contributed by atoms with Gasteiger partial charge in [0.25, 0.3) is 0 Å². The molecule has 0 amide bonds. The largest absolute Gasteiger partial charge is 0.497 e. The summed E-state index contributed by atoms with van der Waals surface area (Å²) in [5, 5.41) is 10.2. The van der Waals surface area contributed by atoms with Gasteiger partial charge in [0.1, 0.15) is 11.9 Å². The second kappa shape index (κ2) is 12.5. The van der Waals surface area contributed by atoms with Crippen LogP contribution in [-0.4, -0.2) is 53.5 Å². The van der Waals surface area contributed by atoms with E-state index in [1.54, 1.807) is 43.1 Å². The van der Waals surface area contributed by atoms with Crippen molar-refractivity contribution >= 4 is 51.6 Å². The number of carboxylic acids is 1. The lowest BCUT2D eigenvalue weighted by molar-refractivity contribution is -0.139. The number of fused-ring (bicyclic) bond motifs is 1. The summed E-state index contributed by atoms with van der Waals surface area (Å²) in [5.41, 5.74) is 1.06. The predicted molar refractivity (Wildman–Crippen MR) is 142 cm³/mol. The van der Waals surface area contributed by atoms with Crippen molar-refractivity contribution in [3.05, 3.63) is 52.2 Å². The number of carbonyl (C=O) groups is 1. The number of aliphatic carboxylic acids is 1. The van der Waals surface area contributed by atoms with Gasteiger partial charge in [0.15, 0.2) is 5.13 Å². The molecule has 4 rings (SSSR count). The predicted octanol–water partition coefficient (Wildman–Crippen LogP) is 7.09. The van der Waals surface area contributed by atoms with E-state index in [9.17, 15) is 14.3 Å². The number of likely N-dealkylation sites (tertiary alicyclic amines) is 1. The molecule has 0 saturated carbocycles. The second-order valence-electron chi connectivity index (χ2n) is 9.06. The Balaban J connectivity index is 1.38. The van der Waals surface area contributed by atoms with Gasteiger partial charge < -0.3 is 14.7 Å². The van der Waals surface area contributed by atoms with E-state index in [1.807, 2.05) is 0 Å². The first-order valence-electron chi connectivity index (χ1n) is 11.9. The third-order valence-corrected chi connectivity index (χ3v) is 9.17. The number of aromatic nitrogens is 1. The van der Waals surface area contributed by atoms with E-state index in [0.717, 1.165) is 40.8 Å². The smallest absolute Gasteiger partial charge is 0.303 e. The Morgan fingerprint density at radius 1 is 1.36 bits per heavy atom. The Morgan fingerprint density at radius 3 is 2.92 bits per heavy atom. The minimum Gasteiger partial charge on any atom is -0.497 e. The average Bonchev–Trinajstić information content (AvgIpc) is 3.27. The number of alkyl halides is 1. The van der Waals surface area contributed by atoms with Crippen molar-refractivity contribution in [2.45, 2.75) is 36.1 Å². The van der Waals surface area contributed by atoms with E-state index in [4.69, 9.17) is 16.3 Å². The van der Waals surface area contributed by atoms with E-state index in [-0.39, 0.29) is 34.8 Å². The van der Waals surface area contributed by atoms with Crippen LogP contribution < -0.4 is 4.74 Å². The van der Waals surface area contributed by atoms with Crippen molar-refractivity contribution in [3.63, 3.8) is 0 Å². The fraction of sp³-hybridized carbons (Fsp3) is 0.462. The minimum atomic E-state index is -1.29. The number of pyridine rings is 1. The molecule has 1 aliphatic heterocycles. The fourth-order valence-electron chi connectivity index (χ4n) is 4.96. The number of carboxylic acid groups (broad SMARTS) is 1. The van der Waals surface area contributed by atoms with Crippen LogP contribution in [0.25, 0.3) is 10.9 Å². The number of rotatable bonds is 11. The average molecular weight is 555 g/mol. The zero-order valence-electron chi connectivity index (χ0n) is 20.0. The normalized spacial score (nSPS) is 19.4. The minimum absolute atomic E-state index is 0.0441. The van der Waals surface area contributed by atoms with Crippen LogP contribution in [0.2, 0.25) is 5.02 Å². The molecule has 1 aliphatic rings. The van der Waals surface area contributed by atoms with Crippen molar-refractivity contribution in [3.8, 4) is 5.75 Å². The number of halogens is 3. The lowest BCUT2D eigenvalue weighted by atomic mass is 9.79. The van der Waals surface area contributed by atoms with E-state index in [2.05, 4.69) is 9.88 Å². The molecular weight excluding hydrogens is 526 g/mol. The standard InChI is InChI=1S/C26H29ClF2N2O3S2/c1-34-18-3-5-22-19(13-18)26(20(27)14-30-22)21(28)4-2-16-8-9-31(15-17(16)12-24(32)33)10-11-35-25-7-6-23(29)36-25/h3,5-7,13-14,16-17,21H,2,4,8-12,15H2,1H3,(H,32,33)/t16?,17?,21-/m1/s1. The molecule has 0 aliphatic carbocycles. The topological polar surface area (TPSA) is 62.7 Å². The molecule has 5 nitrogen and oxygen atoms in total. The molecular formula is C26H29ClF2N2O3S2. The molecule has 1 fully saturated rings. The van der Waals surface area contributed by atoms with Gasteiger partial charge in [0, 0.05) is 42.4 Å². The number of benzene rings is 1. The van der Waals surface area contributed by atoms with Crippen molar-refractivity contribution in [2.75, 3.05) is 32.5 Å². The summed E-state index contributed by atoms with van der Waals surface area (Å²) < 4.78 is 35.0. The first kappa shape index (κ1) is 27.1. The zero-order valence-corrected chi connectivity index (χ0v) is 22.4. The molecule has 1 aromatic carbocycles. The first-order chi connectivity index (χ1) is 17.3. The Hall–Kier alpha value is -1.94. The Labute approximate surface area is 222 Å². The molecule has 1 saturated heterocycles. The summed E-state index contributed by atoms with van der Waals surface area (Å²) in [4.78, 5) is 18.1. The SMILES string of the molecule is COc1ccc2ncc(Cl)c([C@H](F)CCC3CCN(CCSc4ccc(F)s4)CC3CC(=O)O)c2c1. The lowest BCUT2D eigenvalue weighted by Gasteiger charge is -2.38. The van der Waals surface area contributed by atoms with Gasteiger partial charge in [0.05, 0.1) is 21.9 Å². The van der Waals surface area contributed by atoms with Gasteiger partial charge in [-0.3, -0.25) is 9.78 Å². The molecule has 2 aromatic heterocycles. The molecule has 3 aromatic rings. The maximum Gasteiger partial charge on any atom is 0.303 e. The third kappa shape index (κ3) is 6.88. The summed E-state index contributed by atoms with van der Waals surface area (Å²) in [6.45, 7) is 2.32.